The van der Waals surface area contributed by atoms with Crippen molar-refractivity contribution in [2.75, 3.05) is 14.2 Å². The van der Waals surface area contributed by atoms with E-state index in [0.717, 1.165) is 39.0 Å². The van der Waals surface area contributed by atoms with E-state index in [1.54, 1.807) is 14.2 Å². The minimum atomic E-state index is -0.00282. The van der Waals surface area contributed by atoms with Crippen LogP contribution >= 0.6 is 0 Å². The molecule has 0 saturated heterocycles. The highest BCUT2D eigenvalue weighted by molar-refractivity contribution is 6.14. The Morgan fingerprint density at radius 3 is 2.29 bits per heavy atom. The van der Waals surface area contributed by atoms with Crippen LogP contribution in [0.1, 0.15) is 33.8 Å². The number of ketones is 1. The second kappa shape index (κ2) is 5.68. The minimum Gasteiger partial charge on any atom is -0.496 e. The molecule has 1 aliphatic rings. The van der Waals surface area contributed by atoms with Crippen LogP contribution in [0.3, 0.4) is 0 Å². The summed E-state index contributed by atoms with van der Waals surface area (Å²) in [5.41, 5.74) is 2.96. The quantitative estimate of drug-likeness (QED) is 0.709. The summed E-state index contributed by atoms with van der Waals surface area (Å²) in [7, 11) is 3.33. The molecule has 3 aromatic rings. The smallest absolute Gasteiger partial charge is 0.164 e. The molecule has 0 heterocycles. The van der Waals surface area contributed by atoms with E-state index in [9.17, 15) is 4.79 Å². The lowest BCUT2D eigenvalue weighted by Gasteiger charge is -2.27. The molecule has 1 aliphatic carbocycles. The number of carbonyl (C=O) groups is 1. The monoisotopic (exact) mass is 318 g/mol. The number of Topliss-reactive ketones (excluding diaryl/α,β-unsaturated/α-hetero) is 1. The van der Waals surface area contributed by atoms with Gasteiger partial charge >= 0.3 is 0 Å². The summed E-state index contributed by atoms with van der Waals surface area (Å²) >= 11 is 0. The van der Waals surface area contributed by atoms with Gasteiger partial charge in [0.25, 0.3) is 0 Å². The Balaban J connectivity index is 2.10. The lowest BCUT2D eigenvalue weighted by molar-refractivity contribution is 0.0976. The summed E-state index contributed by atoms with van der Waals surface area (Å²) in [5.74, 6) is 1.76. The van der Waals surface area contributed by atoms with E-state index in [2.05, 4.69) is 12.1 Å². The molecule has 3 aromatic carbocycles. The fourth-order valence-electron chi connectivity index (χ4n) is 3.73. The van der Waals surface area contributed by atoms with Gasteiger partial charge in [0.05, 0.1) is 14.2 Å². The molecule has 0 unspecified atom stereocenters. The van der Waals surface area contributed by atoms with Crippen molar-refractivity contribution in [2.45, 2.75) is 12.3 Å². The number of benzene rings is 3. The number of hydrogen-bond donors (Lipinski definition) is 0. The van der Waals surface area contributed by atoms with Gasteiger partial charge in [0, 0.05) is 34.2 Å². The van der Waals surface area contributed by atoms with Crippen molar-refractivity contribution in [2.24, 2.45) is 0 Å². The second-order valence-corrected chi connectivity index (χ2v) is 6.01. The number of ether oxygens (including phenoxy) is 2. The normalized spacial score (nSPS) is 16.2. The Hall–Kier alpha value is -2.81. The zero-order valence-corrected chi connectivity index (χ0v) is 13.7. The van der Waals surface area contributed by atoms with Crippen LogP contribution in [0.15, 0.2) is 54.6 Å². The molecule has 1 atom stereocenters. The van der Waals surface area contributed by atoms with Crippen LogP contribution in [0.2, 0.25) is 0 Å². The average molecular weight is 318 g/mol. The maximum absolute atomic E-state index is 12.8. The van der Waals surface area contributed by atoms with E-state index in [-0.39, 0.29) is 11.7 Å². The molecule has 0 amide bonds. The van der Waals surface area contributed by atoms with Crippen molar-refractivity contribution < 1.29 is 14.3 Å². The average Bonchev–Trinajstić information content (AvgIpc) is 2.64. The van der Waals surface area contributed by atoms with E-state index in [1.165, 1.54) is 0 Å². The van der Waals surface area contributed by atoms with Gasteiger partial charge in [-0.2, -0.15) is 0 Å². The van der Waals surface area contributed by atoms with Crippen molar-refractivity contribution in [1.29, 1.82) is 0 Å². The summed E-state index contributed by atoms with van der Waals surface area (Å²) in [6.45, 7) is 0. The van der Waals surface area contributed by atoms with Crippen molar-refractivity contribution in [3.8, 4) is 11.5 Å². The SMILES string of the molecule is COc1ccc2c(OC)ccc3c2c1[C@H](c1ccccc1)CC3=O. The first-order valence-corrected chi connectivity index (χ1v) is 8.00. The van der Waals surface area contributed by atoms with Crippen molar-refractivity contribution in [3.63, 3.8) is 0 Å². The number of rotatable bonds is 3. The van der Waals surface area contributed by atoms with Gasteiger partial charge in [0.2, 0.25) is 0 Å². The Labute approximate surface area is 140 Å². The van der Waals surface area contributed by atoms with E-state index >= 15 is 0 Å². The lowest BCUT2D eigenvalue weighted by Crippen LogP contribution is -2.17. The molecule has 0 bridgehead atoms. The Bertz CT molecular complexity index is 929. The van der Waals surface area contributed by atoms with E-state index in [1.807, 2.05) is 42.5 Å². The third-order valence-electron chi connectivity index (χ3n) is 4.82. The maximum Gasteiger partial charge on any atom is 0.164 e. The largest absolute Gasteiger partial charge is 0.496 e. The van der Waals surface area contributed by atoms with Gasteiger partial charge in [-0.25, -0.2) is 0 Å². The zero-order chi connectivity index (χ0) is 16.7. The summed E-state index contributed by atoms with van der Waals surface area (Å²) in [4.78, 5) is 12.8. The minimum absolute atomic E-state index is 0.00282. The predicted octanol–water partition coefficient (Wildman–Crippen LogP) is 4.58. The molecule has 0 saturated carbocycles. The highest BCUT2D eigenvalue weighted by Gasteiger charge is 2.32. The van der Waals surface area contributed by atoms with Crippen molar-refractivity contribution >= 4 is 16.6 Å². The van der Waals surface area contributed by atoms with Gasteiger partial charge in [-0.15, -0.1) is 0 Å². The molecular formula is C21H18O3. The molecule has 0 N–H and O–H groups in total. The number of hydrogen-bond acceptors (Lipinski definition) is 3. The predicted molar refractivity (Wildman–Crippen MR) is 94.3 cm³/mol. The summed E-state index contributed by atoms with van der Waals surface area (Å²) in [6, 6.07) is 17.8. The Morgan fingerprint density at radius 2 is 1.58 bits per heavy atom. The first-order chi connectivity index (χ1) is 11.7. The molecule has 120 valence electrons. The molecule has 24 heavy (non-hydrogen) atoms. The van der Waals surface area contributed by atoms with Gasteiger partial charge in [-0.3, -0.25) is 4.79 Å². The molecule has 0 aliphatic heterocycles. The second-order valence-electron chi connectivity index (χ2n) is 6.01. The summed E-state index contributed by atoms with van der Waals surface area (Å²) < 4.78 is 11.1. The fourth-order valence-corrected chi connectivity index (χ4v) is 3.73. The standard InChI is InChI=1S/C21H18O3/c1-23-18-10-8-14-17(22)12-16(13-6-4-3-5-7-13)21-19(24-2)11-9-15(18)20(14)21/h3-11,16H,12H2,1-2H3/t16-/m0/s1. The lowest BCUT2D eigenvalue weighted by atomic mass is 9.76. The zero-order valence-electron chi connectivity index (χ0n) is 13.7. The molecule has 4 rings (SSSR count). The van der Waals surface area contributed by atoms with E-state index in [0.29, 0.717) is 6.42 Å². The van der Waals surface area contributed by atoms with E-state index < -0.39 is 0 Å². The van der Waals surface area contributed by atoms with Crippen LogP contribution in [-0.4, -0.2) is 20.0 Å². The Morgan fingerprint density at radius 1 is 0.875 bits per heavy atom. The first kappa shape index (κ1) is 14.8. The maximum atomic E-state index is 12.8. The molecule has 3 heteroatoms. The van der Waals surface area contributed by atoms with Gasteiger partial charge in [-0.1, -0.05) is 30.3 Å². The van der Waals surface area contributed by atoms with Crippen LogP contribution in [0.4, 0.5) is 0 Å². The van der Waals surface area contributed by atoms with E-state index in [4.69, 9.17) is 9.47 Å². The van der Waals surface area contributed by atoms with Gasteiger partial charge in [-0.05, 0) is 29.8 Å². The van der Waals surface area contributed by atoms with Crippen LogP contribution in [0.25, 0.3) is 10.8 Å². The van der Waals surface area contributed by atoms with Gasteiger partial charge < -0.3 is 9.47 Å². The third-order valence-corrected chi connectivity index (χ3v) is 4.82. The highest BCUT2D eigenvalue weighted by Crippen LogP contribution is 2.46. The molecule has 0 spiro atoms. The molecule has 0 aromatic heterocycles. The number of methoxy groups -OCH3 is 2. The van der Waals surface area contributed by atoms with Crippen LogP contribution in [0.5, 0.6) is 11.5 Å². The van der Waals surface area contributed by atoms with Gasteiger partial charge in [0.15, 0.2) is 5.78 Å². The highest BCUT2D eigenvalue weighted by atomic mass is 16.5. The molecule has 0 radical (unpaired) electrons. The number of carbonyl (C=O) groups excluding carboxylic acids is 1. The van der Waals surface area contributed by atoms with Crippen molar-refractivity contribution in [1.82, 2.24) is 0 Å². The first-order valence-electron chi connectivity index (χ1n) is 8.00. The Kier molecular flexibility index (Phi) is 3.49. The van der Waals surface area contributed by atoms with Gasteiger partial charge in [0.1, 0.15) is 11.5 Å². The third kappa shape index (κ3) is 2.08. The fraction of sp³-hybridized carbons (Fsp3) is 0.190. The summed E-state index contributed by atoms with van der Waals surface area (Å²) in [5, 5.41) is 1.92. The van der Waals surface area contributed by atoms with Crippen LogP contribution in [0, 0.1) is 0 Å². The molecular weight excluding hydrogens is 300 g/mol. The molecule has 3 nitrogen and oxygen atoms in total. The summed E-state index contributed by atoms with van der Waals surface area (Å²) in [6.07, 6.45) is 0.457. The van der Waals surface area contributed by atoms with Crippen LogP contribution in [-0.2, 0) is 0 Å². The topological polar surface area (TPSA) is 35.5 Å². The van der Waals surface area contributed by atoms with Crippen LogP contribution < -0.4 is 9.47 Å². The van der Waals surface area contributed by atoms with Crippen molar-refractivity contribution in [3.05, 3.63) is 71.3 Å². The molecule has 0 fully saturated rings.